The van der Waals surface area contributed by atoms with E-state index >= 15 is 0 Å². The van der Waals surface area contributed by atoms with Gasteiger partial charge in [0.2, 0.25) is 0 Å². The molecule has 1 atom stereocenters. The first-order valence-electron chi connectivity index (χ1n) is 8.21. The maximum atomic E-state index is 12.3. The van der Waals surface area contributed by atoms with Crippen LogP contribution in [0.3, 0.4) is 0 Å². The summed E-state index contributed by atoms with van der Waals surface area (Å²) in [7, 11) is 0. The predicted molar refractivity (Wildman–Crippen MR) is 102 cm³/mol. The fourth-order valence-electron chi connectivity index (χ4n) is 2.10. The molecule has 3 nitrogen and oxygen atoms in total. The summed E-state index contributed by atoms with van der Waals surface area (Å²) in [6.07, 6.45) is 2.85. The molecule has 0 spiro atoms. The third kappa shape index (κ3) is 4.96. The highest BCUT2D eigenvalue weighted by Crippen LogP contribution is 2.32. The largest absolute Gasteiger partial charge is 0.462 e. The SMILES string of the molecule is CCOC(=O)c1cccc(C=Nc2ccccc2)c1SC(C)CC. The van der Waals surface area contributed by atoms with Crippen LogP contribution >= 0.6 is 11.8 Å². The number of thioether (sulfide) groups is 1. The highest BCUT2D eigenvalue weighted by atomic mass is 32.2. The predicted octanol–water partition coefficient (Wildman–Crippen LogP) is 5.50. The summed E-state index contributed by atoms with van der Waals surface area (Å²) in [5, 5.41) is 0.407. The molecule has 0 heterocycles. The smallest absolute Gasteiger partial charge is 0.339 e. The molecule has 24 heavy (non-hydrogen) atoms. The molecule has 2 aromatic rings. The molecule has 4 heteroatoms. The van der Waals surface area contributed by atoms with E-state index in [0.717, 1.165) is 22.6 Å². The van der Waals surface area contributed by atoms with Crippen LogP contribution in [-0.4, -0.2) is 24.0 Å². The zero-order valence-corrected chi connectivity index (χ0v) is 15.2. The van der Waals surface area contributed by atoms with Crippen molar-refractivity contribution in [2.75, 3.05) is 6.61 Å². The van der Waals surface area contributed by atoms with Gasteiger partial charge in [-0.2, -0.15) is 0 Å². The highest BCUT2D eigenvalue weighted by Gasteiger charge is 2.17. The van der Waals surface area contributed by atoms with Gasteiger partial charge in [0.05, 0.1) is 17.9 Å². The van der Waals surface area contributed by atoms with Crippen LogP contribution < -0.4 is 0 Å². The monoisotopic (exact) mass is 341 g/mol. The van der Waals surface area contributed by atoms with Gasteiger partial charge in [-0.25, -0.2) is 4.79 Å². The molecule has 1 unspecified atom stereocenters. The van der Waals surface area contributed by atoms with Crippen LogP contribution in [0.2, 0.25) is 0 Å². The molecule has 0 fully saturated rings. The summed E-state index contributed by atoms with van der Waals surface area (Å²) in [5.41, 5.74) is 2.44. The van der Waals surface area contributed by atoms with Gasteiger partial charge in [0, 0.05) is 21.9 Å². The molecule has 0 aliphatic carbocycles. The number of ether oxygens (including phenoxy) is 1. The summed E-state index contributed by atoms with van der Waals surface area (Å²) in [6.45, 7) is 6.49. The quantitative estimate of drug-likeness (QED) is 0.379. The summed E-state index contributed by atoms with van der Waals surface area (Å²) in [4.78, 5) is 17.7. The molecule has 0 aliphatic heterocycles. The van der Waals surface area contributed by atoms with Gasteiger partial charge in [-0.05, 0) is 31.5 Å². The van der Waals surface area contributed by atoms with Crippen molar-refractivity contribution in [3.05, 3.63) is 59.7 Å². The fraction of sp³-hybridized carbons (Fsp3) is 0.300. The lowest BCUT2D eigenvalue weighted by atomic mass is 10.1. The molecule has 0 amide bonds. The Bertz CT molecular complexity index is 698. The van der Waals surface area contributed by atoms with E-state index in [1.54, 1.807) is 11.8 Å². The molecular formula is C20H23NO2S. The molecule has 0 aromatic heterocycles. The van der Waals surface area contributed by atoms with Gasteiger partial charge in [0.1, 0.15) is 0 Å². The third-order valence-corrected chi connectivity index (χ3v) is 4.97. The van der Waals surface area contributed by atoms with E-state index in [0.29, 0.717) is 17.4 Å². The van der Waals surface area contributed by atoms with Gasteiger partial charge < -0.3 is 4.74 Å². The van der Waals surface area contributed by atoms with Gasteiger partial charge >= 0.3 is 5.97 Å². The number of carbonyl (C=O) groups is 1. The van der Waals surface area contributed by atoms with Crippen molar-refractivity contribution in [3.8, 4) is 0 Å². The lowest BCUT2D eigenvalue weighted by molar-refractivity contribution is 0.0522. The summed E-state index contributed by atoms with van der Waals surface area (Å²) in [5.74, 6) is -0.279. The lowest BCUT2D eigenvalue weighted by Crippen LogP contribution is -2.09. The van der Waals surface area contributed by atoms with Crippen molar-refractivity contribution >= 4 is 29.6 Å². The van der Waals surface area contributed by atoms with E-state index in [1.165, 1.54) is 0 Å². The molecule has 2 rings (SSSR count). The Morgan fingerprint density at radius 3 is 2.58 bits per heavy atom. The first kappa shape index (κ1) is 18.3. The minimum absolute atomic E-state index is 0.279. The van der Waals surface area contributed by atoms with Gasteiger partial charge in [0.25, 0.3) is 0 Å². The molecule has 0 saturated heterocycles. The van der Waals surface area contributed by atoms with Crippen LogP contribution in [0.1, 0.15) is 43.1 Å². The second-order valence-corrected chi connectivity index (χ2v) is 6.82. The van der Waals surface area contributed by atoms with E-state index in [1.807, 2.05) is 61.7 Å². The molecule has 126 valence electrons. The van der Waals surface area contributed by atoms with Gasteiger partial charge in [0.15, 0.2) is 0 Å². The molecule has 0 N–H and O–H groups in total. The first-order chi connectivity index (χ1) is 11.7. The second kappa shape index (κ2) is 9.28. The van der Waals surface area contributed by atoms with Crippen LogP contribution in [0.4, 0.5) is 5.69 Å². The number of para-hydroxylation sites is 1. The Morgan fingerprint density at radius 2 is 1.92 bits per heavy atom. The number of hydrogen-bond donors (Lipinski definition) is 0. The number of benzene rings is 2. The topological polar surface area (TPSA) is 38.7 Å². The Labute approximate surface area is 148 Å². The van der Waals surface area contributed by atoms with E-state index in [4.69, 9.17) is 4.74 Å². The molecule has 0 radical (unpaired) electrons. The minimum Gasteiger partial charge on any atom is -0.462 e. The van der Waals surface area contributed by atoms with Crippen LogP contribution in [0, 0.1) is 0 Å². The van der Waals surface area contributed by atoms with E-state index in [-0.39, 0.29) is 5.97 Å². The zero-order valence-electron chi connectivity index (χ0n) is 14.4. The van der Waals surface area contributed by atoms with E-state index in [2.05, 4.69) is 18.8 Å². The van der Waals surface area contributed by atoms with Crippen molar-refractivity contribution < 1.29 is 9.53 Å². The highest BCUT2D eigenvalue weighted by molar-refractivity contribution is 8.00. The minimum atomic E-state index is -0.279. The maximum Gasteiger partial charge on any atom is 0.339 e. The van der Waals surface area contributed by atoms with E-state index in [9.17, 15) is 4.79 Å². The maximum absolute atomic E-state index is 12.3. The molecule has 0 saturated carbocycles. The van der Waals surface area contributed by atoms with Crippen molar-refractivity contribution in [3.63, 3.8) is 0 Å². The molecule has 0 aliphatic rings. The van der Waals surface area contributed by atoms with Crippen LogP contribution in [-0.2, 0) is 4.74 Å². The zero-order chi connectivity index (χ0) is 17.4. The Balaban J connectivity index is 2.40. The summed E-state index contributed by atoms with van der Waals surface area (Å²) in [6, 6.07) is 15.5. The van der Waals surface area contributed by atoms with Gasteiger partial charge in [-0.15, -0.1) is 11.8 Å². The summed E-state index contributed by atoms with van der Waals surface area (Å²) >= 11 is 1.69. The van der Waals surface area contributed by atoms with Crippen LogP contribution in [0.5, 0.6) is 0 Å². The summed E-state index contributed by atoms with van der Waals surface area (Å²) < 4.78 is 5.20. The lowest BCUT2D eigenvalue weighted by Gasteiger charge is -2.15. The standard InChI is InChI=1S/C20H23NO2S/c1-4-15(3)24-19-16(14-21-17-11-7-6-8-12-17)10-9-13-18(19)20(22)23-5-2/h6-15H,4-5H2,1-3H3. The molecular weight excluding hydrogens is 318 g/mol. The third-order valence-electron chi connectivity index (χ3n) is 3.54. The second-order valence-electron chi connectivity index (χ2n) is 5.37. The van der Waals surface area contributed by atoms with Crippen LogP contribution in [0.25, 0.3) is 0 Å². The van der Waals surface area contributed by atoms with Crippen LogP contribution in [0.15, 0.2) is 58.4 Å². The van der Waals surface area contributed by atoms with E-state index < -0.39 is 0 Å². The number of aliphatic imine (C=N–C) groups is 1. The first-order valence-corrected chi connectivity index (χ1v) is 9.09. The average molecular weight is 341 g/mol. The fourth-order valence-corrected chi connectivity index (χ4v) is 3.20. The van der Waals surface area contributed by atoms with Crippen molar-refractivity contribution in [2.45, 2.75) is 37.3 Å². The number of carbonyl (C=O) groups excluding carboxylic acids is 1. The Kier molecular flexibility index (Phi) is 7.07. The Hall–Kier alpha value is -2.07. The number of nitrogens with zero attached hydrogens (tertiary/aromatic N) is 1. The van der Waals surface area contributed by atoms with Crippen molar-refractivity contribution in [1.29, 1.82) is 0 Å². The van der Waals surface area contributed by atoms with Crippen molar-refractivity contribution in [1.82, 2.24) is 0 Å². The average Bonchev–Trinajstić information content (AvgIpc) is 2.61. The number of esters is 1. The molecule has 0 bridgehead atoms. The number of hydrogen-bond acceptors (Lipinski definition) is 4. The van der Waals surface area contributed by atoms with Crippen molar-refractivity contribution in [2.24, 2.45) is 4.99 Å². The Morgan fingerprint density at radius 1 is 1.17 bits per heavy atom. The number of rotatable bonds is 7. The molecule has 2 aromatic carbocycles. The van der Waals surface area contributed by atoms with Gasteiger partial charge in [-0.1, -0.05) is 44.2 Å². The normalized spacial score (nSPS) is 12.3. The van der Waals surface area contributed by atoms with Gasteiger partial charge in [-0.3, -0.25) is 4.99 Å².